The summed E-state index contributed by atoms with van der Waals surface area (Å²) in [5.41, 5.74) is 0. The highest BCUT2D eigenvalue weighted by molar-refractivity contribution is 7.16. The Labute approximate surface area is 131 Å². The molecule has 2 aromatic heterocycles. The van der Waals surface area contributed by atoms with Crippen molar-refractivity contribution in [3.8, 4) is 0 Å². The van der Waals surface area contributed by atoms with Gasteiger partial charge in [0.1, 0.15) is 5.82 Å². The summed E-state index contributed by atoms with van der Waals surface area (Å²) in [5.74, 6) is 1.05. The molecule has 0 aliphatic carbocycles. The third kappa shape index (κ3) is 2.46. The van der Waals surface area contributed by atoms with Crippen LogP contribution in [0.2, 0.25) is 0 Å². The molecule has 1 fully saturated rings. The van der Waals surface area contributed by atoms with Crippen LogP contribution in [-0.4, -0.2) is 24.0 Å². The summed E-state index contributed by atoms with van der Waals surface area (Å²) >= 11 is 3.48. The summed E-state index contributed by atoms with van der Waals surface area (Å²) in [5, 5.41) is 6.10. The normalized spacial score (nSPS) is 22.0. The molecule has 6 heteroatoms. The highest BCUT2D eigenvalue weighted by Crippen LogP contribution is 2.44. The van der Waals surface area contributed by atoms with Gasteiger partial charge in [-0.3, -0.25) is 4.79 Å². The largest absolute Gasteiger partial charge is 0.348 e. The Kier molecular flexibility index (Phi) is 3.43. The number of carbonyl (C=O) groups is 1. The van der Waals surface area contributed by atoms with Crippen LogP contribution in [0.25, 0.3) is 0 Å². The number of aromatic nitrogens is 1. The number of fused-ring (bicyclic) bond motifs is 1. The molecule has 21 heavy (non-hydrogen) atoms. The number of nitrogens with zero attached hydrogens (tertiary/aromatic N) is 2. The Morgan fingerprint density at radius 1 is 1.29 bits per heavy atom. The second-order valence-electron chi connectivity index (χ2n) is 5.58. The number of amides is 1. The Hall–Kier alpha value is -1.40. The highest BCUT2D eigenvalue weighted by atomic mass is 32.1. The quantitative estimate of drug-likeness (QED) is 0.918. The van der Waals surface area contributed by atoms with E-state index in [0.29, 0.717) is 6.42 Å². The van der Waals surface area contributed by atoms with E-state index in [0.717, 1.165) is 24.0 Å². The topological polar surface area (TPSA) is 45.2 Å². The number of piperidine rings is 1. The smallest absolute Gasteiger partial charge is 0.226 e. The molecular weight excluding hydrogens is 302 g/mol. The van der Waals surface area contributed by atoms with Gasteiger partial charge in [0.15, 0.2) is 5.13 Å². The molecule has 110 valence electrons. The zero-order valence-electron chi connectivity index (χ0n) is 11.7. The van der Waals surface area contributed by atoms with Gasteiger partial charge in [-0.05, 0) is 30.7 Å². The number of hydrogen-bond acceptors (Lipinski definition) is 5. The van der Waals surface area contributed by atoms with E-state index < -0.39 is 0 Å². The van der Waals surface area contributed by atoms with E-state index in [2.05, 4.69) is 27.7 Å². The molecule has 0 bridgehead atoms. The third-order valence-electron chi connectivity index (χ3n) is 4.12. The zero-order valence-corrected chi connectivity index (χ0v) is 13.3. The third-order valence-corrected chi connectivity index (χ3v) is 6.33. The first-order valence-corrected chi connectivity index (χ1v) is 9.10. The lowest BCUT2D eigenvalue weighted by atomic mass is 9.98. The van der Waals surface area contributed by atoms with Crippen LogP contribution < -0.4 is 10.2 Å². The minimum atomic E-state index is 0.0800. The molecule has 4 rings (SSSR count). The van der Waals surface area contributed by atoms with Crippen molar-refractivity contribution in [1.29, 1.82) is 0 Å². The van der Waals surface area contributed by atoms with Crippen LogP contribution in [0, 0.1) is 0 Å². The average Bonchev–Trinajstić information content (AvgIpc) is 3.16. The predicted octanol–water partition coefficient (Wildman–Crippen LogP) is 3.67. The van der Waals surface area contributed by atoms with Crippen molar-refractivity contribution in [1.82, 2.24) is 4.98 Å². The van der Waals surface area contributed by atoms with Gasteiger partial charge in [0.2, 0.25) is 5.91 Å². The number of rotatable bonds is 2. The Bertz CT molecular complexity index is 644. The maximum atomic E-state index is 12.0. The van der Waals surface area contributed by atoms with Gasteiger partial charge in [-0.25, -0.2) is 4.98 Å². The van der Waals surface area contributed by atoms with Crippen molar-refractivity contribution in [2.45, 2.75) is 31.6 Å². The van der Waals surface area contributed by atoms with Crippen molar-refractivity contribution < 1.29 is 4.79 Å². The minimum Gasteiger partial charge on any atom is -0.348 e. The van der Waals surface area contributed by atoms with Gasteiger partial charge in [0, 0.05) is 30.3 Å². The summed E-state index contributed by atoms with van der Waals surface area (Å²) in [6.45, 7) is 2.17. The van der Waals surface area contributed by atoms with Gasteiger partial charge >= 0.3 is 0 Å². The Balaban J connectivity index is 1.70. The molecule has 0 saturated carbocycles. The van der Waals surface area contributed by atoms with Gasteiger partial charge in [-0.15, -0.1) is 11.3 Å². The van der Waals surface area contributed by atoms with E-state index in [1.54, 1.807) is 22.7 Å². The van der Waals surface area contributed by atoms with E-state index in [-0.39, 0.29) is 11.8 Å². The molecule has 0 radical (unpaired) electrons. The van der Waals surface area contributed by atoms with Crippen LogP contribution in [-0.2, 0) is 4.79 Å². The van der Waals surface area contributed by atoms with E-state index in [9.17, 15) is 4.79 Å². The fraction of sp³-hybridized carbons (Fsp3) is 0.467. The van der Waals surface area contributed by atoms with E-state index in [1.807, 2.05) is 0 Å². The highest BCUT2D eigenvalue weighted by Gasteiger charge is 2.31. The molecule has 1 N–H and O–H groups in total. The lowest BCUT2D eigenvalue weighted by Crippen LogP contribution is -2.29. The first-order valence-electron chi connectivity index (χ1n) is 7.40. The second kappa shape index (κ2) is 5.42. The van der Waals surface area contributed by atoms with Crippen LogP contribution >= 0.6 is 22.7 Å². The van der Waals surface area contributed by atoms with E-state index in [1.165, 1.54) is 29.0 Å². The zero-order chi connectivity index (χ0) is 14.2. The molecule has 1 atom stereocenters. The number of anilines is 2. The maximum Gasteiger partial charge on any atom is 0.226 e. The van der Waals surface area contributed by atoms with Gasteiger partial charge in [0.25, 0.3) is 0 Å². The van der Waals surface area contributed by atoms with Gasteiger partial charge in [-0.1, -0.05) is 17.4 Å². The summed E-state index contributed by atoms with van der Waals surface area (Å²) in [6.07, 6.45) is 4.33. The minimum absolute atomic E-state index is 0.0800. The van der Waals surface area contributed by atoms with Crippen LogP contribution in [0.1, 0.15) is 41.4 Å². The second-order valence-corrected chi connectivity index (χ2v) is 7.57. The van der Waals surface area contributed by atoms with Gasteiger partial charge < -0.3 is 10.2 Å². The molecule has 0 unspecified atom stereocenters. The average molecular weight is 319 g/mol. The van der Waals surface area contributed by atoms with Crippen molar-refractivity contribution in [2.75, 3.05) is 23.3 Å². The van der Waals surface area contributed by atoms with Crippen LogP contribution in [0.15, 0.2) is 17.5 Å². The molecule has 2 aliphatic rings. The Morgan fingerprint density at radius 3 is 2.90 bits per heavy atom. The van der Waals surface area contributed by atoms with Gasteiger partial charge in [-0.2, -0.15) is 0 Å². The molecule has 4 nitrogen and oxygen atoms in total. The fourth-order valence-electron chi connectivity index (χ4n) is 3.05. The van der Waals surface area contributed by atoms with Crippen molar-refractivity contribution in [2.24, 2.45) is 0 Å². The number of thiophene rings is 1. The molecule has 4 heterocycles. The number of hydrogen-bond donors (Lipinski definition) is 1. The molecule has 0 spiro atoms. The predicted molar refractivity (Wildman–Crippen MR) is 87.6 cm³/mol. The summed E-state index contributed by atoms with van der Waals surface area (Å²) in [4.78, 5) is 21.5. The van der Waals surface area contributed by atoms with E-state index >= 15 is 0 Å². The lowest BCUT2D eigenvalue weighted by Gasteiger charge is -2.25. The number of nitrogens with one attached hydrogen (secondary N) is 1. The summed E-state index contributed by atoms with van der Waals surface area (Å²) in [6, 6.07) is 4.18. The van der Waals surface area contributed by atoms with Crippen LogP contribution in [0.5, 0.6) is 0 Å². The molecule has 2 aromatic rings. The first kappa shape index (κ1) is 13.3. The van der Waals surface area contributed by atoms with Crippen LogP contribution in [0.4, 0.5) is 10.9 Å². The molecular formula is C15H17N3OS2. The van der Waals surface area contributed by atoms with Crippen molar-refractivity contribution >= 4 is 39.5 Å². The molecule has 1 amide bonds. The molecule has 0 aromatic carbocycles. The number of thiazole rings is 1. The summed E-state index contributed by atoms with van der Waals surface area (Å²) < 4.78 is 0. The summed E-state index contributed by atoms with van der Waals surface area (Å²) in [7, 11) is 0. The lowest BCUT2D eigenvalue weighted by molar-refractivity contribution is -0.116. The fourth-order valence-corrected chi connectivity index (χ4v) is 5.15. The van der Waals surface area contributed by atoms with Crippen molar-refractivity contribution in [3.63, 3.8) is 0 Å². The maximum absolute atomic E-state index is 12.0. The molecule has 2 aliphatic heterocycles. The number of carbonyl (C=O) groups excluding carboxylic acids is 1. The standard InChI is InChI=1S/C15H17N3OS2/c19-12-9-10(11-5-4-8-20-11)13-14(16-12)17-15(21-13)18-6-2-1-3-7-18/h4-5,8,10H,1-3,6-7,9H2,(H,16,19)/t10-/m1/s1. The van der Waals surface area contributed by atoms with E-state index in [4.69, 9.17) is 4.98 Å². The van der Waals surface area contributed by atoms with Gasteiger partial charge in [0.05, 0.1) is 4.88 Å². The van der Waals surface area contributed by atoms with Crippen molar-refractivity contribution in [3.05, 3.63) is 27.3 Å². The Morgan fingerprint density at radius 2 is 2.14 bits per heavy atom. The monoisotopic (exact) mass is 319 g/mol. The van der Waals surface area contributed by atoms with Crippen LogP contribution in [0.3, 0.4) is 0 Å². The SMILES string of the molecule is O=C1C[C@H](c2cccs2)c2sc(N3CCCCC3)nc2N1. The first-order chi connectivity index (χ1) is 10.3. The molecule has 1 saturated heterocycles.